The summed E-state index contributed by atoms with van der Waals surface area (Å²) < 4.78 is 1.01. The molecule has 0 N–H and O–H groups in total. The predicted octanol–water partition coefficient (Wildman–Crippen LogP) is 2.64. The fourth-order valence-corrected chi connectivity index (χ4v) is 2.24. The van der Waals surface area contributed by atoms with E-state index in [1.807, 2.05) is 18.2 Å². The summed E-state index contributed by atoms with van der Waals surface area (Å²) in [5, 5.41) is 0. The highest BCUT2D eigenvalue weighted by atomic mass is 79.9. The van der Waals surface area contributed by atoms with Gasteiger partial charge in [0, 0.05) is 29.0 Å². The van der Waals surface area contributed by atoms with Gasteiger partial charge in [0.25, 0.3) is 5.91 Å². The first-order valence-electron chi connectivity index (χ1n) is 4.36. The molecule has 0 radical (unpaired) electrons. The van der Waals surface area contributed by atoms with Gasteiger partial charge in [0.1, 0.15) is 0 Å². The quantitative estimate of drug-likeness (QED) is 0.759. The lowest BCUT2D eigenvalue weighted by Gasteiger charge is -2.12. The molecule has 0 fully saturated rings. The minimum atomic E-state index is 0.0909. The number of fused-ring (bicyclic) bond motifs is 1. The average molecular weight is 275 g/mol. The molecular weight excluding hydrogens is 265 g/mol. The lowest BCUT2D eigenvalue weighted by Crippen LogP contribution is -2.25. The van der Waals surface area contributed by atoms with Gasteiger partial charge in [-0.25, -0.2) is 0 Å². The number of carbonyl (C=O) groups excluding carboxylic acids is 1. The molecule has 0 aromatic heterocycles. The Morgan fingerprint density at radius 3 is 3.00 bits per heavy atom. The van der Waals surface area contributed by atoms with E-state index in [1.54, 1.807) is 4.90 Å². The van der Waals surface area contributed by atoms with Gasteiger partial charge >= 0.3 is 0 Å². The maximum absolute atomic E-state index is 11.7. The van der Waals surface area contributed by atoms with Crippen molar-refractivity contribution in [3.8, 4) is 0 Å². The summed E-state index contributed by atoms with van der Waals surface area (Å²) >= 11 is 9.01. The standard InChI is InChI=1S/C10H9BrClNO/c11-8-1-2-9-7(5-8)6-13(4-3-12)10(9)14/h1-2,5H,3-4,6H2. The maximum Gasteiger partial charge on any atom is 0.254 e. The Balaban J connectivity index is 2.31. The third kappa shape index (κ3) is 1.66. The number of rotatable bonds is 2. The van der Waals surface area contributed by atoms with E-state index in [4.69, 9.17) is 11.6 Å². The molecule has 0 atom stereocenters. The van der Waals surface area contributed by atoms with E-state index in [-0.39, 0.29) is 5.91 Å². The molecule has 4 heteroatoms. The monoisotopic (exact) mass is 273 g/mol. The van der Waals surface area contributed by atoms with Gasteiger partial charge in [-0.15, -0.1) is 11.6 Å². The third-order valence-electron chi connectivity index (χ3n) is 2.30. The van der Waals surface area contributed by atoms with Crippen LogP contribution in [0.5, 0.6) is 0 Å². The van der Waals surface area contributed by atoms with Gasteiger partial charge in [-0.3, -0.25) is 4.79 Å². The SMILES string of the molecule is O=C1c2ccc(Br)cc2CN1CCCl. The van der Waals surface area contributed by atoms with Crippen LogP contribution in [-0.4, -0.2) is 23.2 Å². The second-order valence-electron chi connectivity index (χ2n) is 3.22. The molecule has 1 aliphatic heterocycles. The van der Waals surface area contributed by atoms with E-state index in [2.05, 4.69) is 15.9 Å². The molecule has 1 aromatic rings. The average Bonchev–Trinajstić information content (AvgIpc) is 2.44. The minimum Gasteiger partial charge on any atom is -0.333 e. The van der Waals surface area contributed by atoms with Crippen LogP contribution in [0.1, 0.15) is 15.9 Å². The molecule has 2 rings (SSSR count). The molecule has 0 spiro atoms. The van der Waals surface area contributed by atoms with Gasteiger partial charge < -0.3 is 4.90 Å². The highest BCUT2D eigenvalue weighted by Gasteiger charge is 2.26. The molecule has 0 aliphatic carbocycles. The third-order valence-corrected chi connectivity index (χ3v) is 2.96. The predicted molar refractivity (Wildman–Crippen MR) is 59.6 cm³/mol. The van der Waals surface area contributed by atoms with Crippen LogP contribution in [0.15, 0.2) is 22.7 Å². The van der Waals surface area contributed by atoms with Gasteiger partial charge in [-0.1, -0.05) is 15.9 Å². The molecule has 1 amide bonds. The molecule has 1 aliphatic rings. The molecular formula is C10H9BrClNO. The van der Waals surface area contributed by atoms with Gasteiger partial charge in [0.15, 0.2) is 0 Å². The number of alkyl halides is 1. The van der Waals surface area contributed by atoms with Crippen molar-refractivity contribution in [2.75, 3.05) is 12.4 Å². The first kappa shape index (κ1) is 9.99. The van der Waals surface area contributed by atoms with E-state index in [0.29, 0.717) is 19.0 Å². The lowest BCUT2D eigenvalue weighted by atomic mass is 10.1. The second-order valence-corrected chi connectivity index (χ2v) is 4.51. The zero-order valence-electron chi connectivity index (χ0n) is 7.46. The summed E-state index contributed by atoms with van der Waals surface area (Å²) in [7, 11) is 0. The van der Waals surface area contributed by atoms with Crippen molar-refractivity contribution in [2.24, 2.45) is 0 Å². The van der Waals surface area contributed by atoms with Crippen molar-refractivity contribution >= 4 is 33.4 Å². The number of hydrogen-bond donors (Lipinski definition) is 0. The summed E-state index contributed by atoms with van der Waals surface area (Å²) in [4.78, 5) is 13.5. The summed E-state index contributed by atoms with van der Waals surface area (Å²) in [5.41, 5.74) is 1.88. The number of amides is 1. The highest BCUT2D eigenvalue weighted by Crippen LogP contribution is 2.25. The van der Waals surface area contributed by atoms with E-state index in [9.17, 15) is 4.79 Å². The molecule has 0 saturated heterocycles. The zero-order chi connectivity index (χ0) is 10.1. The fraction of sp³-hybridized carbons (Fsp3) is 0.300. The number of benzene rings is 1. The van der Waals surface area contributed by atoms with Crippen molar-refractivity contribution < 1.29 is 4.79 Å². The number of nitrogens with zero attached hydrogens (tertiary/aromatic N) is 1. The van der Waals surface area contributed by atoms with Crippen molar-refractivity contribution in [3.05, 3.63) is 33.8 Å². The Hall–Kier alpha value is -0.540. The molecule has 74 valence electrons. The summed E-state index contributed by atoms with van der Waals surface area (Å²) in [6, 6.07) is 5.73. The van der Waals surface area contributed by atoms with E-state index < -0.39 is 0 Å². The molecule has 2 nitrogen and oxygen atoms in total. The van der Waals surface area contributed by atoms with E-state index in [1.165, 1.54) is 0 Å². The molecule has 1 heterocycles. The number of hydrogen-bond acceptors (Lipinski definition) is 1. The topological polar surface area (TPSA) is 20.3 Å². The molecule has 14 heavy (non-hydrogen) atoms. The normalized spacial score (nSPS) is 14.7. The van der Waals surface area contributed by atoms with Crippen LogP contribution in [0.3, 0.4) is 0 Å². The molecule has 1 aromatic carbocycles. The van der Waals surface area contributed by atoms with Crippen LogP contribution in [0.2, 0.25) is 0 Å². The summed E-state index contributed by atoms with van der Waals surface area (Å²) in [5.74, 6) is 0.578. The summed E-state index contributed by atoms with van der Waals surface area (Å²) in [6.07, 6.45) is 0. The van der Waals surface area contributed by atoms with Gasteiger partial charge in [-0.05, 0) is 23.8 Å². The lowest BCUT2D eigenvalue weighted by molar-refractivity contribution is 0.0788. The number of carbonyl (C=O) groups is 1. The van der Waals surface area contributed by atoms with Crippen LogP contribution < -0.4 is 0 Å². The minimum absolute atomic E-state index is 0.0909. The Morgan fingerprint density at radius 2 is 2.29 bits per heavy atom. The van der Waals surface area contributed by atoms with Gasteiger partial charge in [0.2, 0.25) is 0 Å². The van der Waals surface area contributed by atoms with Gasteiger partial charge in [-0.2, -0.15) is 0 Å². The highest BCUT2D eigenvalue weighted by molar-refractivity contribution is 9.10. The second kappa shape index (κ2) is 3.91. The molecule has 0 unspecified atom stereocenters. The first-order valence-corrected chi connectivity index (χ1v) is 5.69. The first-order chi connectivity index (χ1) is 6.72. The van der Waals surface area contributed by atoms with Crippen molar-refractivity contribution in [1.82, 2.24) is 4.90 Å². The van der Waals surface area contributed by atoms with Crippen molar-refractivity contribution in [1.29, 1.82) is 0 Å². The number of halogens is 2. The van der Waals surface area contributed by atoms with Crippen LogP contribution in [0.4, 0.5) is 0 Å². The Labute approximate surface area is 96.0 Å². The van der Waals surface area contributed by atoms with E-state index in [0.717, 1.165) is 15.6 Å². The van der Waals surface area contributed by atoms with Crippen molar-refractivity contribution in [3.63, 3.8) is 0 Å². The Kier molecular flexibility index (Phi) is 2.79. The largest absolute Gasteiger partial charge is 0.333 e. The smallest absolute Gasteiger partial charge is 0.254 e. The Morgan fingerprint density at radius 1 is 1.50 bits per heavy atom. The van der Waals surface area contributed by atoms with Crippen LogP contribution in [0.25, 0.3) is 0 Å². The maximum atomic E-state index is 11.7. The zero-order valence-corrected chi connectivity index (χ0v) is 9.81. The molecule has 0 saturated carbocycles. The van der Waals surface area contributed by atoms with Gasteiger partial charge in [0.05, 0.1) is 0 Å². The fourth-order valence-electron chi connectivity index (χ4n) is 1.63. The van der Waals surface area contributed by atoms with Crippen LogP contribution >= 0.6 is 27.5 Å². The Bertz CT molecular complexity index is 380. The van der Waals surface area contributed by atoms with E-state index >= 15 is 0 Å². The summed E-state index contributed by atoms with van der Waals surface area (Å²) in [6.45, 7) is 1.30. The van der Waals surface area contributed by atoms with Crippen molar-refractivity contribution in [2.45, 2.75) is 6.54 Å². The molecule has 0 bridgehead atoms. The van der Waals surface area contributed by atoms with Crippen LogP contribution in [-0.2, 0) is 6.54 Å². The van der Waals surface area contributed by atoms with Crippen LogP contribution in [0, 0.1) is 0 Å².